The summed E-state index contributed by atoms with van der Waals surface area (Å²) >= 11 is 6.48. The Hall–Kier alpha value is -3.30. The molecule has 0 saturated carbocycles. The Balaban J connectivity index is 1.52. The SMILES string of the molecule is CCNc1cc(C(=N)N)ccc1CN(Cl)C(=O)C(OCC)N1Cc2ccc(N3CCCC3)cc2C1=O. The highest BCUT2D eigenvalue weighted by Crippen LogP contribution is 2.31. The zero-order chi connectivity index (χ0) is 25.8. The summed E-state index contributed by atoms with van der Waals surface area (Å²) in [5.41, 5.74) is 10.2. The molecule has 0 radical (unpaired) electrons. The number of fused-ring (bicyclic) bond motifs is 1. The third-order valence-corrected chi connectivity index (χ3v) is 6.84. The molecular formula is C26H33ClN6O3. The maximum atomic E-state index is 13.4. The average Bonchev–Trinajstić information content (AvgIpc) is 3.51. The molecule has 2 aliphatic heterocycles. The smallest absolute Gasteiger partial charge is 0.287 e. The molecule has 0 spiro atoms. The van der Waals surface area contributed by atoms with Crippen molar-refractivity contribution in [2.75, 3.05) is 36.5 Å². The Labute approximate surface area is 216 Å². The van der Waals surface area contributed by atoms with Gasteiger partial charge in [-0.25, -0.2) is 4.42 Å². The summed E-state index contributed by atoms with van der Waals surface area (Å²) in [7, 11) is 0. The topological polar surface area (TPSA) is 115 Å². The number of carbonyl (C=O) groups is 2. The van der Waals surface area contributed by atoms with Gasteiger partial charge in [-0.15, -0.1) is 0 Å². The summed E-state index contributed by atoms with van der Waals surface area (Å²) in [5, 5.41) is 10.9. The number of hydrogen-bond donors (Lipinski definition) is 3. The van der Waals surface area contributed by atoms with Gasteiger partial charge in [-0.3, -0.25) is 15.0 Å². The summed E-state index contributed by atoms with van der Waals surface area (Å²) in [4.78, 5) is 30.5. The second-order valence-corrected chi connectivity index (χ2v) is 9.36. The number of nitrogens with two attached hydrogens (primary N) is 1. The van der Waals surface area contributed by atoms with Gasteiger partial charge in [0.2, 0.25) is 6.23 Å². The van der Waals surface area contributed by atoms with Crippen molar-refractivity contribution in [3.8, 4) is 0 Å². The van der Waals surface area contributed by atoms with Crippen LogP contribution in [0.3, 0.4) is 0 Å². The molecule has 2 aromatic rings. The highest BCUT2D eigenvalue weighted by molar-refractivity contribution is 6.22. The normalized spacial score (nSPS) is 15.7. The number of halogens is 1. The molecule has 4 N–H and O–H groups in total. The fraction of sp³-hybridized carbons (Fsp3) is 0.423. The van der Waals surface area contributed by atoms with Crippen molar-refractivity contribution in [1.29, 1.82) is 5.41 Å². The van der Waals surface area contributed by atoms with Gasteiger partial charge in [0.25, 0.3) is 11.8 Å². The van der Waals surface area contributed by atoms with E-state index in [9.17, 15) is 9.59 Å². The largest absolute Gasteiger partial charge is 0.385 e. The number of amides is 2. The first kappa shape index (κ1) is 25.8. The van der Waals surface area contributed by atoms with E-state index in [0.717, 1.165) is 52.9 Å². The van der Waals surface area contributed by atoms with Gasteiger partial charge in [0, 0.05) is 67.1 Å². The number of ether oxygens (including phenoxy) is 1. The van der Waals surface area contributed by atoms with Crippen LogP contribution in [0.1, 0.15) is 53.7 Å². The van der Waals surface area contributed by atoms with Gasteiger partial charge < -0.3 is 25.6 Å². The summed E-state index contributed by atoms with van der Waals surface area (Å²) < 4.78 is 6.82. The number of carbonyl (C=O) groups excluding carboxylic acids is 2. The van der Waals surface area contributed by atoms with Crippen LogP contribution in [0, 0.1) is 5.41 Å². The zero-order valence-electron chi connectivity index (χ0n) is 20.7. The van der Waals surface area contributed by atoms with E-state index in [4.69, 9.17) is 27.7 Å². The van der Waals surface area contributed by atoms with Crippen molar-refractivity contribution < 1.29 is 14.3 Å². The second kappa shape index (κ2) is 11.2. The minimum atomic E-state index is -1.14. The van der Waals surface area contributed by atoms with Gasteiger partial charge in [-0.1, -0.05) is 18.2 Å². The third kappa shape index (κ3) is 5.27. The van der Waals surface area contributed by atoms with Crippen LogP contribution in [0.2, 0.25) is 0 Å². The highest BCUT2D eigenvalue weighted by Gasteiger charge is 2.39. The lowest BCUT2D eigenvalue weighted by atomic mass is 10.1. The molecule has 2 amide bonds. The molecule has 1 fully saturated rings. The number of hydrogen-bond acceptors (Lipinski definition) is 6. The molecule has 36 heavy (non-hydrogen) atoms. The van der Waals surface area contributed by atoms with E-state index in [1.54, 1.807) is 25.1 Å². The number of anilines is 2. The molecular weight excluding hydrogens is 480 g/mol. The average molecular weight is 513 g/mol. The van der Waals surface area contributed by atoms with Gasteiger partial charge in [-0.05, 0) is 56.0 Å². The Kier molecular flexibility index (Phi) is 8.01. The van der Waals surface area contributed by atoms with Crippen LogP contribution >= 0.6 is 11.8 Å². The monoisotopic (exact) mass is 512 g/mol. The minimum absolute atomic E-state index is 0.0454. The Morgan fingerprint density at radius 3 is 2.64 bits per heavy atom. The van der Waals surface area contributed by atoms with E-state index in [0.29, 0.717) is 17.7 Å². The molecule has 1 saturated heterocycles. The molecule has 192 valence electrons. The maximum absolute atomic E-state index is 13.4. The van der Waals surface area contributed by atoms with Crippen LogP contribution in [0.5, 0.6) is 0 Å². The predicted octanol–water partition coefficient (Wildman–Crippen LogP) is 3.50. The van der Waals surface area contributed by atoms with Gasteiger partial charge in [0.15, 0.2) is 0 Å². The first-order chi connectivity index (χ1) is 17.3. The first-order valence-electron chi connectivity index (χ1n) is 12.3. The number of nitrogens with zero attached hydrogens (tertiary/aromatic N) is 3. The molecule has 10 heteroatoms. The van der Waals surface area contributed by atoms with E-state index < -0.39 is 12.1 Å². The summed E-state index contributed by atoms with van der Waals surface area (Å²) in [6, 6.07) is 11.2. The standard InChI is InChI=1S/C26H33ClN6O3/c1-3-30-22-13-17(23(28)29)7-8-19(22)16-33(27)25(35)26(36-4-2)32-15-18-9-10-20(14-21(18)24(32)34)31-11-5-6-12-31/h7-10,13-14,26,30H,3-6,11-12,15-16H2,1-2H3,(H3,28,29). The fourth-order valence-corrected chi connectivity index (χ4v) is 4.92. The summed E-state index contributed by atoms with van der Waals surface area (Å²) in [6.07, 6.45) is 1.16. The third-order valence-electron chi connectivity index (χ3n) is 6.55. The van der Waals surface area contributed by atoms with Crippen molar-refractivity contribution in [3.63, 3.8) is 0 Å². The van der Waals surface area contributed by atoms with E-state index in [1.807, 2.05) is 25.1 Å². The summed E-state index contributed by atoms with van der Waals surface area (Å²) in [5.74, 6) is -0.796. The van der Waals surface area contributed by atoms with Crippen molar-refractivity contribution in [3.05, 3.63) is 58.7 Å². The molecule has 9 nitrogen and oxygen atoms in total. The number of rotatable bonds is 10. The number of nitrogens with one attached hydrogen (secondary N) is 2. The van der Waals surface area contributed by atoms with Crippen molar-refractivity contribution >= 4 is 40.8 Å². The van der Waals surface area contributed by atoms with Gasteiger partial charge >= 0.3 is 0 Å². The Bertz CT molecular complexity index is 1150. The van der Waals surface area contributed by atoms with E-state index in [1.165, 1.54) is 4.90 Å². The highest BCUT2D eigenvalue weighted by atomic mass is 35.5. The molecule has 2 aliphatic rings. The predicted molar refractivity (Wildman–Crippen MR) is 141 cm³/mol. The lowest BCUT2D eigenvalue weighted by Crippen LogP contribution is -2.47. The van der Waals surface area contributed by atoms with E-state index in [-0.39, 0.29) is 31.4 Å². The quantitative estimate of drug-likeness (QED) is 0.255. The molecule has 1 unspecified atom stereocenters. The minimum Gasteiger partial charge on any atom is -0.385 e. The summed E-state index contributed by atoms with van der Waals surface area (Å²) in [6.45, 7) is 6.96. The van der Waals surface area contributed by atoms with E-state index >= 15 is 0 Å². The van der Waals surface area contributed by atoms with E-state index in [2.05, 4.69) is 10.2 Å². The number of amidine groups is 1. The van der Waals surface area contributed by atoms with Gasteiger partial charge in [-0.2, -0.15) is 0 Å². The van der Waals surface area contributed by atoms with Crippen LogP contribution < -0.4 is 16.0 Å². The van der Waals surface area contributed by atoms with Crippen LogP contribution in [0.4, 0.5) is 11.4 Å². The molecule has 1 atom stereocenters. The van der Waals surface area contributed by atoms with Crippen LogP contribution in [0.25, 0.3) is 0 Å². The molecule has 2 heterocycles. The van der Waals surface area contributed by atoms with Crippen LogP contribution in [-0.2, 0) is 22.6 Å². The van der Waals surface area contributed by atoms with Gasteiger partial charge in [0.1, 0.15) is 5.84 Å². The maximum Gasteiger partial charge on any atom is 0.287 e. The lowest BCUT2D eigenvalue weighted by Gasteiger charge is -2.29. The lowest BCUT2D eigenvalue weighted by molar-refractivity contribution is -0.149. The number of benzene rings is 2. The molecule has 0 aliphatic carbocycles. The van der Waals surface area contributed by atoms with Crippen molar-refractivity contribution in [2.24, 2.45) is 5.73 Å². The molecule has 0 bridgehead atoms. The van der Waals surface area contributed by atoms with Crippen molar-refractivity contribution in [1.82, 2.24) is 9.32 Å². The number of nitrogen functional groups attached to an aromatic ring is 1. The molecule has 0 aromatic heterocycles. The van der Waals surface area contributed by atoms with Crippen molar-refractivity contribution in [2.45, 2.75) is 46.0 Å². The molecule has 4 rings (SSSR count). The Morgan fingerprint density at radius 1 is 1.22 bits per heavy atom. The second-order valence-electron chi connectivity index (χ2n) is 8.95. The zero-order valence-corrected chi connectivity index (χ0v) is 21.5. The van der Waals surface area contributed by atoms with Crippen LogP contribution in [0.15, 0.2) is 36.4 Å². The van der Waals surface area contributed by atoms with Crippen LogP contribution in [-0.4, -0.2) is 59.4 Å². The van der Waals surface area contributed by atoms with Gasteiger partial charge in [0.05, 0.1) is 6.54 Å². The molecule has 2 aromatic carbocycles. The first-order valence-corrected chi connectivity index (χ1v) is 12.7. The fourth-order valence-electron chi connectivity index (χ4n) is 4.71. The Morgan fingerprint density at radius 2 is 1.97 bits per heavy atom.